The van der Waals surface area contributed by atoms with Crippen LogP contribution in [0, 0.1) is 5.82 Å². The zero-order chi connectivity index (χ0) is 20.3. The number of amides is 1. The molecule has 1 saturated carbocycles. The van der Waals surface area contributed by atoms with Crippen molar-refractivity contribution < 1.29 is 28.2 Å². The molecule has 152 valence electrons. The fraction of sp³-hybridized carbons (Fsp3) is 0.364. The van der Waals surface area contributed by atoms with E-state index in [-0.39, 0.29) is 12.2 Å². The third-order valence-corrected chi connectivity index (χ3v) is 5.06. The third kappa shape index (κ3) is 4.67. The van der Waals surface area contributed by atoms with E-state index in [1.165, 1.54) is 30.7 Å². The Hall–Kier alpha value is -3.09. The molecule has 6 nitrogen and oxygen atoms in total. The summed E-state index contributed by atoms with van der Waals surface area (Å²) < 4.78 is 29.9. The molecule has 1 aliphatic carbocycles. The number of benzene rings is 2. The number of ether oxygens (including phenoxy) is 3. The van der Waals surface area contributed by atoms with Crippen molar-refractivity contribution in [3.05, 3.63) is 53.8 Å². The fourth-order valence-electron chi connectivity index (χ4n) is 3.63. The van der Waals surface area contributed by atoms with E-state index in [1.54, 1.807) is 18.2 Å². The van der Waals surface area contributed by atoms with Crippen LogP contribution >= 0.6 is 0 Å². The van der Waals surface area contributed by atoms with Crippen molar-refractivity contribution in [1.29, 1.82) is 0 Å². The molecule has 1 spiro atoms. The van der Waals surface area contributed by atoms with E-state index in [9.17, 15) is 14.0 Å². The van der Waals surface area contributed by atoms with E-state index in [0.29, 0.717) is 22.7 Å². The second kappa shape index (κ2) is 8.11. The molecule has 1 N–H and O–H groups in total. The van der Waals surface area contributed by atoms with E-state index >= 15 is 0 Å². The highest BCUT2D eigenvalue weighted by Gasteiger charge is 2.42. The van der Waals surface area contributed by atoms with Crippen molar-refractivity contribution in [2.75, 3.05) is 11.9 Å². The average molecular weight is 399 g/mol. The van der Waals surface area contributed by atoms with Gasteiger partial charge in [0.1, 0.15) is 5.82 Å². The smallest absolute Gasteiger partial charge is 0.310 e. The van der Waals surface area contributed by atoms with E-state index in [2.05, 4.69) is 5.32 Å². The number of anilines is 1. The summed E-state index contributed by atoms with van der Waals surface area (Å²) in [5.74, 6) is -0.673. The van der Waals surface area contributed by atoms with Crippen LogP contribution in [0.3, 0.4) is 0 Å². The monoisotopic (exact) mass is 399 g/mol. The third-order valence-electron chi connectivity index (χ3n) is 5.06. The molecule has 0 atom stereocenters. The second-order valence-corrected chi connectivity index (χ2v) is 7.35. The normalized spacial score (nSPS) is 16.4. The van der Waals surface area contributed by atoms with Gasteiger partial charge in [-0.05, 0) is 42.7 Å². The minimum Gasteiger partial charge on any atom is -0.455 e. The van der Waals surface area contributed by atoms with Crippen LogP contribution in [0.15, 0.2) is 42.5 Å². The van der Waals surface area contributed by atoms with Gasteiger partial charge in [-0.1, -0.05) is 18.6 Å². The number of nitrogens with one attached hydrogen (secondary N) is 1. The Morgan fingerprint density at radius 2 is 1.72 bits per heavy atom. The van der Waals surface area contributed by atoms with E-state index in [4.69, 9.17) is 14.2 Å². The van der Waals surface area contributed by atoms with Gasteiger partial charge in [-0.25, -0.2) is 4.39 Å². The molecular formula is C22H22FNO5. The second-order valence-electron chi connectivity index (χ2n) is 7.35. The molecule has 1 amide bonds. The number of carbonyl (C=O) groups is 2. The lowest BCUT2D eigenvalue weighted by molar-refractivity contribution is -0.146. The molecule has 1 aliphatic heterocycles. The number of hydrogen-bond acceptors (Lipinski definition) is 5. The number of hydrogen-bond donors (Lipinski definition) is 1. The van der Waals surface area contributed by atoms with Gasteiger partial charge < -0.3 is 19.5 Å². The molecule has 7 heteroatoms. The van der Waals surface area contributed by atoms with Gasteiger partial charge >= 0.3 is 5.97 Å². The summed E-state index contributed by atoms with van der Waals surface area (Å²) in [6.45, 7) is -0.404. The van der Waals surface area contributed by atoms with Crippen molar-refractivity contribution in [3.63, 3.8) is 0 Å². The quantitative estimate of drug-likeness (QED) is 0.770. The Morgan fingerprint density at radius 3 is 2.48 bits per heavy atom. The lowest BCUT2D eigenvalue weighted by atomic mass is 9.94. The van der Waals surface area contributed by atoms with Gasteiger partial charge in [-0.2, -0.15) is 0 Å². The Kier molecular flexibility index (Phi) is 5.38. The van der Waals surface area contributed by atoms with Crippen LogP contribution in [0.4, 0.5) is 10.1 Å². The summed E-state index contributed by atoms with van der Waals surface area (Å²) in [5, 5.41) is 2.69. The molecule has 2 aliphatic rings. The van der Waals surface area contributed by atoms with E-state index < -0.39 is 24.3 Å². The van der Waals surface area contributed by atoms with Gasteiger partial charge in [0.05, 0.1) is 6.42 Å². The summed E-state index contributed by atoms with van der Waals surface area (Å²) in [5.41, 5.74) is 1.16. The highest BCUT2D eigenvalue weighted by Crippen LogP contribution is 2.46. The number of rotatable bonds is 5. The summed E-state index contributed by atoms with van der Waals surface area (Å²) in [6.07, 6.45) is 5.01. The summed E-state index contributed by atoms with van der Waals surface area (Å²) >= 11 is 0. The number of halogens is 1. The van der Waals surface area contributed by atoms with Crippen LogP contribution in [0.5, 0.6) is 11.5 Å². The van der Waals surface area contributed by atoms with Crippen molar-refractivity contribution in [1.82, 2.24) is 0 Å². The van der Waals surface area contributed by atoms with Crippen LogP contribution in [0.1, 0.15) is 37.7 Å². The lowest BCUT2D eigenvalue weighted by Crippen LogP contribution is -2.40. The molecule has 1 heterocycles. The van der Waals surface area contributed by atoms with Crippen LogP contribution < -0.4 is 14.8 Å². The number of esters is 1. The van der Waals surface area contributed by atoms with E-state index in [0.717, 1.165) is 25.7 Å². The molecule has 4 rings (SSSR count). The molecule has 1 fully saturated rings. The molecular weight excluding hydrogens is 377 g/mol. The highest BCUT2D eigenvalue weighted by molar-refractivity contribution is 5.93. The summed E-state index contributed by atoms with van der Waals surface area (Å²) in [4.78, 5) is 23.9. The first-order valence-corrected chi connectivity index (χ1v) is 9.73. The van der Waals surface area contributed by atoms with Crippen LogP contribution in [-0.2, 0) is 20.7 Å². The van der Waals surface area contributed by atoms with Crippen molar-refractivity contribution >= 4 is 17.6 Å². The molecule has 2 aromatic carbocycles. The predicted octanol–water partition coefficient (Wildman–Crippen LogP) is 3.98. The van der Waals surface area contributed by atoms with Crippen molar-refractivity contribution in [2.45, 2.75) is 44.3 Å². The maximum atomic E-state index is 12.9. The van der Waals surface area contributed by atoms with Gasteiger partial charge in [0.2, 0.25) is 0 Å². The highest BCUT2D eigenvalue weighted by atomic mass is 19.1. The SMILES string of the molecule is O=C(COC(=O)Cc1ccc(F)cc1)Nc1ccc2c(c1)OC1(CCCCC1)O2. The topological polar surface area (TPSA) is 73.9 Å². The summed E-state index contributed by atoms with van der Waals surface area (Å²) in [7, 11) is 0. The Morgan fingerprint density at radius 1 is 1.00 bits per heavy atom. The minimum atomic E-state index is -0.570. The van der Waals surface area contributed by atoms with Crippen molar-refractivity contribution in [2.24, 2.45) is 0 Å². The van der Waals surface area contributed by atoms with Crippen LogP contribution in [-0.4, -0.2) is 24.3 Å². The lowest BCUT2D eigenvalue weighted by Gasteiger charge is -2.31. The van der Waals surface area contributed by atoms with Crippen LogP contribution in [0.2, 0.25) is 0 Å². The van der Waals surface area contributed by atoms with E-state index in [1.807, 2.05) is 0 Å². The first kappa shape index (κ1) is 19.2. The number of fused-ring (bicyclic) bond motifs is 1. The molecule has 2 aromatic rings. The maximum absolute atomic E-state index is 12.9. The Balaban J connectivity index is 1.28. The van der Waals surface area contributed by atoms with Crippen molar-refractivity contribution in [3.8, 4) is 11.5 Å². The zero-order valence-electron chi connectivity index (χ0n) is 15.9. The standard InChI is InChI=1S/C22H22FNO5/c23-16-6-4-15(5-7-16)12-21(26)27-14-20(25)24-17-8-9-18-19(13-17)29-22(28-18)10-2-1-3-11-22/h4-9,13H,1-3,10-12,14H2,(H,24,25). The van der Waals surface area contributed by atoms with Gasteiger partial charge in [0.25, 0.3) is 11.7 Å². The maximum Gasteiger partial charge on any atom is 0.310 e. The molecule has 0 aromatic heterocycles. The first-order valence-electron chi connectivity index (χ1n) is 9.73. The first-order chi connectivity index (χ1) is 14.0. The molecule has 0 saturated heterocycles. The molecule has 0 radical (unpaired) electrons. The van der Waals surface area contributed by atoms with Gasteiger partial charge in [0, 0.05) is 24.6 Å². The molecule has 0 unspecified atom stereocenters. The van der Waals surface area contributed by atoms with Gasteiger partial charge in [-0.15, -0.1) is 0 Å². The predicted molar refractivity (Wildman–Crippen MR) is 103 cm³/mol. The average Bonchev–Trinajstić information content (AvgIpc) is 3.05. The number of carbonyl (C=O) groups excluding carboxylic acids is 2. The minimum absolute atomic E-state index is 0.0281. The summed E-state index contributed by atoms with van der Waals surface area (Å²) in [6, 6.07) is 10.8. The van der Waals surface area contributed by atoms with Crippen LogP contribution in [0.25, 0.3) is 0 Å². The molecule has 0 bridgehead atoms. The molecule has 29 heavy (non-hydrogen) atoms. The van der Waals surface area contributed by atoms with Gasteiger partial charge in [-0.3, -0.25) is 9.59 Å². The fourth-order valence-corrected chi connectivity index (χ4v) is 3.63. The Bertz CT molecular complexity index is 906. The zero-order valence-corrected chi connectivity index (χ0v) is 15.9. The Labute approximate surface area is 168 Å². The van der Waals surface area contributed by atoms with Gasteiger partial charge in [0.15, 0.2) is 18.1 Å². The largest absolute Gasteiger partial charge is 0.455 e.